The fraction of sp³-hybridized carbons (Fsp3) is 0.625. The fourth-order valence-corrected chi connectivity index (χ4v) is 2.99. The molecule has 1 aromatic rings. The number of benzene rings is 1. The van der Waals surface area contributed by atoms with E-state index < -0.39 is 0 Å². The first-order valence-electron chi connectivity index (χ1n) is 7.47. The molecule has 0 radical (unpaired) electrons. The van der Waals surface area contributed by atoms with Gasteiger partial charge in [0.2, 0.25) is 0 Å². The molecular weight excluding hydrogens is 274 g/mol. The van der Waals surface area contributed by atoms with Crippen molar-refractivity contribution in [3.05, 3.63) is 34.9 Å². The van der Waals surface area contributed by atoms with E-state index in [2.05, 4.69) is 6.92 Å². The average molecular weight is 299 g/mol. The highest BCUT2D eigenvalue weighted by molar-refractivity contribution is 6.30. The van der Waals surface area contributed by atoms with Crippen molar-refractivity contribution in [3.8, 4) is 0 Å². The number of aliphatic hydroxyl groups excluding tert-OH is 1. The minimum absolute atomic E-state index is 0.373. The van der Waals surface area contributed by atoms with Gasteiger partial charge in [-0.1, -0.05) is 30.7 Å². The van der Waals surface area contributed by atoms with Crippen molar-refractivity contribution in [3.63, 3.8) is 0 Å². The van der Waals surface area contributed by atoms with Crippen molar-refractivity contribution in [2.45, 2.75) is 32.5 Å². The lowest BCUT2D eigenvalue weighted by Gasteiger charge is -2.29. The van der Waals surface area contributed by atoms with Crippen molar-refractivity contribution in [1.82, 2.24) is 0 Å². The fourth-order valence-electron chi connectivity index (χ4n) is 2.87. The smallest absolute Gasteiger partial charge is 0.126 e. The zero-order valence-corrected chi connectivity index (χ0v) is 12.9. The summed E-state index contributed by atoms with van der Waals surface area (Å²) >= 11 is 5.83. The van der Waals surface area contributed by atoms with E-state index >= 15 is 0 Å². The van der Waals surface area contributed by atoms with Crippen molar-refractivity contribution >= 4 is 11.6 Å². The van der Waals surface area contributed by atoms with E-state index in [0.717, 1.165) is 23.0 Å². The molecule has 3 atom stereocenters. The van der Waals surface area contributed by atoms with Crippen LogP contribution in [0.25, 0.3) is 0 Å². The standard InChI is InChI=1S/C16H24ClNO2/c1-13-3-2-8-18(9-13)10-16(19)12-20-11-14-4-6-15(17)7-5-14/h4-7,13,16,19H,2-3,8-12H2,1H3/p+1. The van der Waals surface area contributed by atoms with Gasteiger partial charge in [0, 0.05) is 10.9 Å². The van der Waals surface area contributed by atoms with Crippen LogP contribution in [0, 0.1) is 5.92 Å². The molecule has 2 N–H and O–H groups in total. The van der Waals surface area contributed by atoms with E-state index in [1.807, 2.05) is 24.3 Å². The molecule has 1 saturated heterocycles. The van der Waals surface area contributed by atoms with E-state index in [4.69, 9.17) is 16.3 Å². The summed E-state index contributed by atoms with van der Waals surface area (Å²) in [6.45, 7) is 6.38. The molecule has 2 rings (SSSR count). The van der Waals surface area contributed by atoms with Crippen LogP contribution < -0.4 is 4.90 Å². The maximum atomic E-state index is 10.0. The SMILES string of the molecule is CC1CCC[NH+](CC(O)COCc2ccc(Cl)cc2)C1. The quantitative estimate of drug-likeness (QED) is 0.835. The summed E-state index contributed by atoms with van der Waals surface area (Å²) in [5.41, 5.74) is 1.08. The Morgan fingerprint density at radius 1 is 1.40 bits per heavy atom. The molecule has 112 valence electrons. The van der Waals surface area contributed by atoms with Crippen LogP contribution in [0.3, 0.4) is 0 Å². The number of ether oxygens (including phenoxy) is 1. The Morgan fingerprint density at radius 2 is 2.15 bits per heavy atom. The minimum Gasteiger partial charge on any atom is -0.385 e. The van der Waals surface area contributed by atoms with E-state index in [1.165, 1.54) is 30.8 Å². The monoisotopic (exact) mass is 298 g/mol. The molecule has 1 aromatic carbocycles. The predicted molar refractivity (Wildman–Crippen MR) is 81.1 cm³/mol. The number of aliphatic hydroxyl groups is 1. The van der Waals surface area contributed by atoms with E-state index in [9.17, 15) is 5.11 Å². The number of halogens is 1. The second-order valence-corrected chi connectivity index (χ2v) is 6.39. The molecule has 0 aromatic heterocycles. The molecule has 0 aliphatic carbocycles. The van der Waals surface area contributed by atoms with Crippen LogP contribution in [0.1, 0.15) is 25.3 Å². The first-order valence-corrected chi connectivity index (χ1v) is 7.85. The van der Waals surface area contributed by atoms with Gasteiger partial charge in [-0.15, -0.1) is 0 Å². The minimum atomic E-state index is -0.373. The van der Waals surface area contributed by atoms with Gasteiger partial charge in [0.25, 0.3) is 0 Å². The zero-order valence-electron chi connectivity index (χ0n) is 12.1. The van der Waals surface area contributed by atoms with Gasteiger partial charge in [-0.3, -0.25) is 0 Å². The number of likely N-dealkylation sites (tertiary alicyclic amines) is 1. The Kier molecular flexibility index (Phi) is 6.30. The lowest BCUT2D eigenvalue weighted by atomic mass is 10.0. The molecule has 4 heteroatoms. The number of hydrogen-bond donors (Lipinski definition) is 2. The van der Waals surface area contributed by atoms with E-state index in [0.29, 0.717) is 13.2 Å². The van der Waals surface area contributed by atoms with Gasteiger partial charge in [-0.25, -0.2) is 0 Å². The van der Waals surface area contributed by atoms with Crippen molar-refractivity contribution in [1.29, 1.82) is 0 Å². The molecule has 0 bridgehead atoms. The van der Waals surface area contributed by atoms with Gasteiger partial charge in [0.05, 0.1) is 26.3 Å². The first-order chi connectivity index (χ1) is 9.63. The predicted octanol–water partition coefficient (Wildman–Crippen LogP) is 1.53. The van der Waals surface area contributed by atoms with Crippen LogP contribution in [-0.4, -0.2) is 37.5 Å². The van der Waals surface area contributed by atoms with E-state index in [1.54, 1.807) is 0 Å². The Hall–Kier alpha value is -0.610. The summed E-state index contributed by atoms with van der Waals surface area (Å²) in [6, 6.07) is 7.62. The van der Waals surface area contributed by atoms with E-state index in [-0.39, 0.29) is 6.10 Å². The summed E-state index contributed by atoms with van der Waals surface area (Å²) in [5.74, 6) is 0.779. The van der Waals surface area contributed by atoms with Gasteiger partial charge >= 0.3 is 0 Å². The molecule has 1 aliphatic heterocycles. The average Bonchev–Trinajstić information content (AvgIpc) is 2.41. The summed E-state index contributed by atoms with van der Waals surface area (Å²) in [5, 5.41) is 10.8. The largest absolute Gasteiger partial charge is 0.385 e. The lowest BCUT2D eigenvalue weighted by Crippen LogP contribution is -3.14. The van der Waals surface area contributed by atoms with Crippen LogP contribution in [0.5, 0.6) is 0 Å². The Bertz CT molecular complexity index is 396. The topological polar surface area (TPSA) is 33.9 Å². The molecule has 3 nitrogen and oxygen atoms in total. The first kappa shape index (κ1) is 15.8. The third-order valence-electron chi connectivity index (χ3n) is 3.88. The third kappa shape index (κ3) is 5.41. The van der Waals surface area contributed by atoms with Crippen molar-refractivity contribution in [2.75, 3.05) is 26.2 Å². The van der Waals surface area contributed by atoms with Crippen LogP contribution in [0.2, 0.25) is 5.02 Å². The molecule has 0 spiro atoms. The molecule has 1 aliphatic rings. The molecule has 20 heavy (non-hydrogen) atoms. The maximum Gasteiger partial charge on any atom is 0.126 e. The highest BCUT2D eigenvalue weighted by Crippen LogP contribution is 2.10. The van der Waals surface area contributed by atoms with Gasteiger partial charge in [-0.05, 0) is 30.5 Å². The highest BCUT2D eigenvalue weighted by Gasteiger charge is 2.22. The van der Waals surface area contributed by atoms with Crippen molar-refractivity contribution in [2.24, 2.45) is 5.92 Å². The van der Waals surface area contributed by atoms with Crippen molar-refractivity contribution < 1.29 is 14.7 Å². The normalized spacial score (nSPS) is 24.6. The number of piperidine rings is 1. The highest BCUT2D eigenvalue weighted by atomic mass is 35.5. The van der Waals surface area contributed by atoms with Gasteiger partial charge in [0.15, 0.2) is 0 Å². The second-order valence-electron chi connectivity index (χ2n) is 5.95. The van der Waals surface area contributed by atoms with Crippen LogP contribution in [0.4, 0.5) is 0 Å². The molecular formula is C16H25ClNO2+. The molecule has 0 saturated carbocycles. The number of rotatable bonds is 6. The number of nitrogens with one attached hydrogen (secondary N) is 1. The Labute approximate surface area is 126 Å². The zero-order chi connectivity index (χ0) is 14.4. The molecule has 1 heterocycles. The molecule has 0 amide bonds. The molecule has 1 fully saturated rings. The van der Waals surface area contributed by atoms with Crippen LogP contribution in [-0.2, 0) is 11.3 Å². The third-order valence-corrected chi connectivity index (χ3v) is 4.13. The summed E-state index contributed by atoms with van der Waals surface area (Å²) in [4.78, 5) is 1.51. The second kappa shape index (κ2) is 7.99. The molecule has 3 unspecified atom stereocenters. The maximum absolute atomic E-state index is 10.0. The number of quaternary nitrogens is 1. The summed E-state index contributed by atoms with van der Waals surface area (Å²) in [7, 11) is 0. The summed E-state index contributed by atoms with van der Waals surface area (Å²) in [6.07, 6.45) is 2.23. The Balaban J connectivity index is 1.64. The van der Waals surface area contributed by atoms with Gasteiger partial charge < -0.3 is 14.7 Å². The Morgan fingerprint density at radius 3 is 2.85 bits per heavy atom. The summed E-state index contributed by atoms with van der Waals surface area (Å²) < 4.78 is 5.58. The van der Waals surface area contributed by atoms with Crippen LogP contribution >= 0.6 is 11.6 Å². The lowest BCUT2D eigenvalue weighted by molar-refractivity contribution is -0.911. The van der Waals surface area contributed by atoms with Crippen LogP contribution in [0.15, 0.2) is 24.3 Å². The number of hydrogen-bond acceptors (Lipinski definition) is 2. The van der Waals surface area contributed by atoms with Gasteiger partial charge in [0.1, 0.15) is 12.6 Å². The van der Waals surface area contributed by atoms with Gasteiger partial charge in [-0.2, -0.15) is 0 Å².